The SMILES string of the molecule is CC1(C)CC1c1nccs1. The van der Waals surface area contributed by atoms with Crippen molar-refractivity contribution in [2.75, 3.05) is 0 Å². The predicted octanol–water partition coefficient (Wildman–Crippen LogP) is 2.66. The molecule has 0 spiro atoms. The Kier molecular flexibility index (Phi) is 1.15. The topological polar surface area (TPSA) is 12.9 Å². The Morgan fingerprint density at radius 1 is 1.70 bits per heavy atom. The van der Waals surface area contributed by atoms with Crippen LogP contribution in [0.4, 0.5) is 0 Å². The summed E-state index contributed by atoms with van der Waals surface area (Å²) >= 11 is 1.78. The number of aromatic nitrogens is 1. The first kappa shape index (κ1) is 6.35. The van der Waals surface area contributed by atoms with Gasteiger partial charge in [0, 0.05) is 17.5 Å². The van der Waals surface area contributed by atoms with Gasteiger partial charge in [-0.25, -0.2) is 4.98 Å². The van der Waals surface area contributed by atoms with Gasteiger partial charge in [0.25, 0.3) is 0 Å². The van der Waals surface area contributed by atoms with E-state index >= 15 is 0 Å². The summed E-state index contributed by atoms with van der Waals surface area (Å²) in [6, 6.07) is 0. The third-order valence-electron chi connectivity index (χ3n) is 2.26. The Morgan fingerprint density at radius 3 is 2.80 bits per heavy atom. The van der Waals surface area contributed by atoms with E-state index in [-0.39, 0.29) is 0 Å². The van der Waals surface area contributed by atoms with Crippen LogP contribution in [0.15, 0.2) is 11.6 Å². The van der Waals surface area contributed by atoms with Crippen LogP contribution in [0.2, 0.25) is 0 Å². The van der Waals surface area contributed by atoms with E-state index < -0.39 is 0 Å². The van der Waals surface area contributed by atoms with Crippen LogP contribution in [-0.4, -0.2) is 4.98 Å². The average molecular weight is 153 g/mol. The molecular formula is C8H11NS. The smallest absolute Gasteiger partial charge is 0.0961 e. The van der Waals surface area contributed by atoms with Gasteiger partial charge >= 0.3 is 0 Å². The van der Waals surface area contributed by atoms with E-state index in [1.54, 1.807) is 11.3 Å². The molecule has 0 aromatic carbocycles. The third-order valence-corrected chi connectivity index (χ3v) is 3.15. The highest BCUT2D eigenvalue weighted by atomic mass is 32.1. The second-order valence-electron chi connectivity index (χ2n) is 3.62. The number of thiazole rings is 1. The van der Waals surface area contributed by atoms with Gasteiger partial charge in [0.15, 0.2) is 0 Å². The van der Waals surface area contributed by atoms with E-state index in [1.807, 2.05) is 6.20 Å². The number of hydrogen-bond acceptors (Lipinski definition) is 2. The van der Waals surface area contributed by atoms with Crippen molar-refractivity contribution in [3.8, 4) is 0 Å². The van der Waals surface area contributed by atoms with Gasteiger partial charge in [-0.2, -0.15) is 0 Å². The molecule has 1 aromatic rings. The van der Waals surface area contributed by atoms with Crippen LogP contribution in [0, 0.1) is 5.41 Å². The normalized spacial score (nSPS) is 28.4. The van der Waals surface area contributed by atoms with Crippen LogP contribution in [0.1, 0.15) is 31.2 Å². The molecule has 0 bridgehead atoms. The number of nitrogens with zero attached hydrogens (tertiary/aromatic N) is 1. The summed E-state index contributed by atoms with van der Waals surface area (Å²) in [5.74, 6) is 0.757. The number of rotatable bonds is 1. The second-order valence-corrected chi connectivity index (χ2v) is 4.54. The highest BCUT2D eigenvalue weighted by Gasteiger charge is 2.47. The number of hydrogen-bond donors (Lipinski definition) is 0. The van der Waals surface area contributed by atoms with Gasteiger partial charge in [-0.1, -0.05) is 13.8 Å². The van der Waals surface area contributed by atoms with E-state index in [2.05, 4.69) is 24.2 Å². The summed E-state index contributed by atoms with van der Waals surface area (Å²) in [4.78, 5) is 4.29. The van der Waals surface area contributed by atoms with Crippen LogP contribution in [0.5, 0.6) is 0 Å². The summed E-state index contributed by atoms with van der Waals surface area (Å²) < 4.78 is 0. The molecule has 2 heteroatoms. The first-order valence-corrected chi connectivity index (χ1v) is 4.47. The average Bonchev–Trinajstić information content (AvgIpc) is 2.31. The van der Waals surface area contributed by atoms with Gasteiger partial charge < -0.3 is 0 Å². The van der Waals surface area contributed by atoms with Crippen LogP contribution in [0.25, 0.3) is 0 Å². The lowest BCUT2D eigenvalue weighted by atomic mass is 10.1. The molecule has 0 saturated heterocycles. The molecule has 1 nitrogen and oxygen atoms in total. The lowest BCUT2D eigenvalue weighted by Gasteiger charge is -1.96. The van der Waals surface area contributed by atoms with Crippen LogP contribution in [-0.2, 0) is 0 Å². The highest BCUT2D eigenvalue weighted by Crippen LogP contribution is 2.58. The van der Waals surface area contributed by atoms with Gasteiger partial charge in [0.05, 0.1) is 5.01 Å². The quantitative estimate of drug-likeness (QED) is 0.604. The maximum Gasteiger partial charge on any atom is 0.0961 e. The van der Waals surface area contributed by atoms with Crippen molar-refractivity contribution in [1.29, 1.82) is 0 Å². The van der Waals surface area contributed by atoms with Gasteiger partial charge in [-0.15, -0.1) is 11.3 Å². The van der Waals surface area contributed by atoms with Gasteiger partial charge in [0.2, 0.25) is 0 Å². The molecule has 1 aliphatic rings. The fourth-order valence-corrected chi connectivity index (χ4v) is 2.24. The van der Waals surface area contributed by atoms with E-state index in [0.717, 1.165) is 5.92 Å². The molecule has 1 aromatic heterocycles. The van der Waals surface area contributed by atoms with Crippen molar-refractivity contribution in [1.82, 2.24) is 4.98 Å². The monoisotopic (exact) mass is 153 g/mol. The minimum atomic E-state index is 0.540. The predicted molar refractivity (Wildman–Crippen MR) is 43.3 cm³/mol. The molecule has 0 amide bonds. The molecule has 0 radical (unpaired) electrons. The lowest BCUT2D eigenvalue weighted by molar-refractivity contribution is 0.620. The fourth-order valence-electron chi connectivity index (χ4n) is 1.30. The summed E-state index contributed by atoms with van der Waals surface area (Å²) in [5, 5.41) is 3.38. The van der Waals surface area contributed by atoms with Gasteiger partial charge in [-0.05, 0) is 11.8 Å². The Morgan fingerprint density at radius 2 is 2.40 bits per heavy atom. The zero-order chi connectivity index (χ0) is 7.19. The molecule has 1 aliphatic carbocycles. The van der Waals surface area contributed by atoms with Crippen molar-refractivity contribution in [3.63, 3.8) is 0 Å². The molecule has 1 saturated carbocycles. The molecule has 54 valence electrons. The molecular weight excluding hydrogens is 142 g/mol. The molecule has 1 fully saturated rings. The molecule has 1 atom stereocenters. The van der Waals surface area contributed by atoms with Crippen molar-refractivity contribution in [2.24, 2.45) is 5.41 Å². The molecule has 10 heavy (non-hydrogen) atoms. The standard InChI is InChI=1S/C8H11NS/c1-8(2)5-6(8)7-9-3-4-10-7/h3-4,6H,5H2,1-2H3. The largest absolute Gasteiger partial charge is 0.249 e. The first-order valence-electron chi connectivity index (χ1n) is 3.59. The van der Waals surface area contributed by atoms with E-state index in [9.17, 15) is 0 Å². The van der Waals surface area contributed by atoms with Gasteiger partial charge in [-0.3, -0.25) is 0 Å². The zero-order valence-corrected chi connectivity index (χ0v) is 7.11. The van der Waals surface area contributed by atoms with Crippen LogP contribution >= 0.6 is 11.3 Å². The summed E-state index contributed by atoms with van der Waals surface area (Å²) in [6.07, 6.45) is 3.22. The second kappa shape index (κ2) is 1.82. The van der Waals surface area contributed by atoms with Crippen molar-refractivity contribution in [3.05, 3.63) is 16.6 Å². The zero-order valence-electron chi connectivity index (χ0n) is 6.29. The fraction of sp³-hybridized carbons (Fsp3) is 0.625. The van der Waals surface area contributed by atoms with Crippen molar-refractivity contribution >= 4 is 11.3 Å². The van der Waals surface area contributed by atoms with E-state index in [4.69, 9.17) is 0 Å². The Balaban J connectivity index is 2.19. The van der Waals surface area contributed by atoms with Crippen LogP contribution < -0.4 is 0 Å². The lowest BCUT2D eigenvalue weighted by Crippen LogP contribution is -1.87. The molecule has 1 unspecified atom stereocenters. The Bertz CT molecular complexity index is 225. The summed E-state index contributed by atoms with van der Waals surface area (Å²) in [6.45, 7) is 4.61. The van der Waals surface area contributed by atoms with E-state index in [1.165, 1.54) is 11.4 Å². The maximum absolute atomic E-state index is 4.29. The summed E-state index contributed by atoms with van der Waals surface area (Å²) in [5.41, 5.74) is 0.540. The Hall–Kier alpha value is -0.370. The van der Waals surface area contributed by atoms with Crippen molar-refractivity contribution in [2.45, 2.75) is 26.2 Å². The first-order chi connectivity index (χ1) is 4.70. The summed E-state index contributed by atoms with van der Waals surface area (Å²) in [7, 11) is 0. The van der Waals surface area contributed by atoms with Gasteiger partial charge in [0.1, 0.15) is 0 Å². The molecule has 0 aliphatic heterocycles. The van der Waals surface area contributed by atoms with Crippen molar-refractivity contribution < 1.29 is 0 Å². The minimum absolute atomic E-state index is 0.540. The van der Waals surface area contributed by atoms with E-state index in [0.29, 0.717) is 5.41 Å². The third kappa shape index (κ3) is 0.870. The molecule has 1 heterocycles. The maximum atomic E-state index is 4.29. The molecule has 2 rings (SSSR count). The highest BCUT2D eigenvalue weighted by molar-refractivity contribution is 7.09. The Labute approximate surface area is 65.1 Å². The molecule has 0 N–H and O–H groups in total. The minimum Gasteiger partial charge on any atom is -0.249 e. The van der Waals surface area contributed by atoms with Crippen LogP contribution in [0.3, 0.4) is 0 Å².